The molecule has 3 rings (SSSR count). The number of benzene rings is 1. The zero-order valence-corrected chi connectivity index (χ0v) is 14.0. The molecular formula is C17H20N2S2. The largest absolute Gasteiger partial charge is 0.357 e. The van der Waals surface area contributed by atoms with Gasteiger partial charge in [-0.2, -0.15) is 0 Å². The first-order valence-corrected chi connectivity index (χ1v) is 9.16. The Hall–Kier alpha value is -1.26. The summed E-state index contributed by atoms with van der Waals surface area (Å²) in [6.45, 7) is 4.51. The summed E-state index contributed by atoms with van der Waals surface area (Å²) >= 11 is 3.64. The van der Waals surface area contributed by atoms with Crippen LogP contribution >= 0.6 is 23.1 Å². The predicted molar refractivity (Wildman–Crippen MR) is 94.1 cm³/mol. The van der Waals surface area contributed by atoms with Crippen molar-refractivity contribution in [3.63, 3.8) is 0 Å². The van der Waals surface area contributed by atoms with E-state index < -0.39 is 0 Å². The molecule has 0 spiro atoms. The lowest BCUT2D eigenvalue weighted by molar-refractivity contribution is 0.480. The van der Waals surface area contributed by atoms with E-state index in [0.717, 1.165) is 10.9 Å². The highest BCUT2D eigenvalue weighted by Crippen LogP contribution is 2.32. The third kappa shape index (κ3) is 3.50. The summed E-state index contributed by atoms with van der Waals surface area (Å²) < 4.78 is 0. The number of aliphatic imine (C=N–C) groups is 1. The fraction of sp³-hybridized carbons (Fsp3) is 0.353. The average molecular weight is 316 g/mol. The Morgan fingerprint density at radius 1 is 1.14 bits per heavy atom. The molecule has 1 aromatic carbocycles. The second kappa shape index (κ2) is 6.67. The Bertz CT molecular complexity index is 591. The molecule has 110 valence electrons. The van der Waals surface area contributed by atoms with Gasteiger partial charge < -0.3 is 5.32 Å². The molecule has 1 aliphatic rings. The Kier molecular flexibility index (Phi) is 4.66. The minimum absolute atomic E-state index is 0.287. The van der Waals surface area contributed by atoms with Crippen molar-refractivity contribution < 1.29 is 0 Å². The molecule has 2 nitrogen and oxygen atoms in total. The third-order valence-corrected chi connectivity index (χ3v) is 5.57. The van der Waals surface area contributed by atoms with E-state index in [1.165, 1.54) is 10.4 Å². The van der Waals surface area contributed by atoms with Crippen LogP contribution in [-0.2, 0) is 0 Å². The van der Waals surface area contributed by atoms with Gasteiger partial charge in [0.2, 0.25) is 0 Å². The van der Waals surface area contributed by atoms with E-state index in [0.29, 0.717) is 12.0 Å². The molecule has 0 amide bonds. The van der Waals surface area contributed by atoms with Gasteiger partial charge in [-0.25, -0.2) is 0 Å². The molecule has 1 aromatic heterocycles. The van der Waals surface area contributed by atoms with E-state index in [2.05, 4.69) is 67.0 Å². The average Bonchev–Trinajstić information content (AvgIpc) is 3.17. The highest BCUT2D eigenvalue weighted by molar-refractivity contribution is 8.14. The SMILES string of the molecule is CC(C)C(NC1=NC(c2ccccc2)CS1)c1cccs1. The van der Waals surface area contributed by atoms with Crippen molar-refractivity contribution in [1.29, 1.82) is 0 Å². The van der Waals surface area contributed by atoms with E-state index >= 15 is 0 Å². The molecule has 0 radical (unpaired) electrons. The lowest BCUT2D eigenvalue weighted by Gasteiger charge is -2.21. The molecule has 21 heavy (non-hydrogen) atoms. The van der Waals surface area contributed by atoms with Crippen LogP contribution in [0.2, 0.25) is 0 Å². The van der Waals surface area contributed by atoms with Crippen molar-refractivity contribution in [3.05, 3.63) is 58.3 Å². The maximum Gasteiger partial charge on any atom is 0.157 e. The molecule has 0 saturated heterocycles. The summed E-state index contributed by atoms with van der Waals surface area (Å²) in [7, 11) is 0. The molecule has 2 aromatic rings. The van der Waals surface area contributed by atoms with Gasteiger partial charge in [-0.3, -0.25) is 4.99 Å². The number of amidine groups is 1. The van der Waals surface area contributed by atoms with E-state index in [-0.39, 0.29) is 6.04 Å². The first kappa shape index (κ1) is 14.7. The highest BCUT2D eigenvalue weighted by Gasteiger charge is 2.24. The molecule has 1 N–H and O–H groups in total. The highest BCUT2D eigenvalue weighted by atomic mass is 32.2. The van der Waals surface area contributed by atoms with E-state index in [1.807, 2.05) is 23.1 Å². The number of thiophene rings is 1. The van der Waals surface area contributed by atoms with Gasteiger partial charge in [-0.1, -0.05) is 62.0 Å². The number of hydrogen-bond donors (Lipinski definition) is 1. The van der Waals surface area contributed by atoms with Crippen LogP contribution in [-0.4, -0.2) is 10.9 Å². The van der Waals surface area contributed by atoms with Crippen LogP contribution in [0.15, 0.2) is 52.8 Å². The number of rotatable bonds is 4. The Balaban J connectivity index is 1.73. The Morgan fingerprint density at radius 3 is 2.62 bits per heavy atom. The molecule has 0 aliphatic carbocycles. The van der Waals surface area contributed by atoms with Crippen molar-refractivity contribution in [3.8, 4) is 0 Å². The quantitative estimate of drug-likeness (QED) is 0.869. The Morgan fingerprint density at radius 2 is 1.95 bits per heavy atom. The second-order valence-corrected chi connectivity index (χ2v) is 7.54. The third-order valence-electron chi connectivity index (χ3n) is 3.63. The molecule has 2 atom stereocenters. The standard InChI is InChI=1S/C17H20N2S2/c1-12(2)16(15-9-6-10-20-15)19-17-18-14(11-21-17)13-7-4-3-5-8-13/h3-10,12,14,16H,11H2,1-2H3,(H,18,19). The van der Waals surface area contributed by atoms with Gasteiger partial charge in [-0.05, 0) is 22.9 Å². The van der Waals surface area contributed by atoms with Crippen LogP contribution in [0, 0.1) is 5.92 Å². The lowest BCUT2D eigenvalue weighted by atomic mass is 10.0. The summed E-state index contributed by atoms with van der Waals surface area (Å²) in [5, 5.41) is 6.86. The van der Waals surface area contributed by atoms with Crippen LogP contribution in [0.25, 0.3) is 0 Å². The molecule has 1 aliphatic heterocycles. The van der Waals surface area contributed by atoms with Crippen LogP contribution in [0.3, 0.4) is 0 Å². The normalized spacial score (nSPS) is 19.6. The summed E-state index contributed by atoms with van der Waals surface area (Å²) in [6.07, 6.45) is 0. The summed E-state index contributed by atoms with van der Waals surface area (Å²) in [4.78, 5) is 6.25. The van der Waals surface area contributed by atoms with Gasteiger partial charge in [0.15, 0.2) is 5.17 Å². The zero-order chi connectivity index (χ0) is 14.7. The lowest BCUT2D eigenvalue weighted by Crippen LogP contribution is -2.28. The number of nitrogens with zero attached hydrogens (tertiary/aromatic N) is 1. The van der Waals surface area contributed by atoms with Crippen LogP contribution in [0.1, 0.15) is 36.4 Å². The van der Waals surface area contributed by atoms with Crippen molar-refractivity contribution in [2.24, 2.45) is 10.9 Å². The van der Waals surface area contributed by atoms with E-state index in [1.54, 1.807) is 0 Å². The first-order valence-electron chi connectivity index (χ1n) is 7.29. The van der Waals surface area contributed by atoms with Crippen molar-refractivity contribution in [1.82, 2.24) is 5.32 Å². The van der Waals surface area contributed by atoms with Crippen LogP contribution in [0.5, 0.6) is 0 Å². The number of hydrogen-bond acceptors (Lipinski definition) is 4. The molecule has 0 bridgehead atoms. The number of nitrogens with one attached hydrogen (secondary N) is 1. The molecule has 0 fully saturated rings. The molecule has 4 heteroatoms. The van der Waals surface area contributed by atoms with Gasteiger partial charge in [0.05, 0.1) is 12.1 Å². The maximum atomic E-state index is 4.86. The van der Waals surface area contributed by atoms with Crippen LogP contribution in [0.4, 0.5) is 0 Å². The maximum absolute atomic E-state index is 4.86. The summed E-state index contributed by atoms with van der Waals surface area (Å²) in [5.74, 6) is 1.57. The van der Waals surface area contributed by atoms with Gasteiger partial charge in [-0.15, -0.1) is 11.3 Å². The van der Waals surface area contributed by atoms with Crippen molar-refractivity contribution in [2.45, 2.75) is 25.9 Å². The summed E-state index contributed by atoms with van der Waals surface area (Å²) in [5.41, 5.74) is 1.30. The van der Waals surface area contributed by atoms with Gasteiger partial charge in [0, 0.05) is 10.6 Å². The minimum Gasteiger partial charge on any atom is -0.357 e. The second-order valence-electron chi connectivity index (χ2n) is 5.55. The monoisotopic (exact) mass is 316 g/mol. The zero-order valence-electron chi connectivity index (χ0n) is 12.3. The van der Waals surface area contributed by atoms with Gasteiger partial charge in [0.25, 0.3) is 0 Å². The molecular weight excluding hydrogens is 296 g/mol. The van der Waals surface area contributed by atoms with Crippen molar-refractivity contribution >= 4 is 28.3 Å². The van der Waals surface area contributed by atoms with E-state index in [4.69, 9.17) is 4.99 Å². The molecule has 2 heterocycles. The first-order chi connectivity index (χ1) is 10.2. The fourth-order valence-corrected chi connectivity index (χ4v) is 4.41. The van der Waals surface area contributed by atoms with E-state index in [9.17, 15) is 0 Å². The van der Waals surface area contributed by atoms with Crippen LogP contribution < -0.4 is 5.32 Å². The van der Waals surface area contributed by atoms with Crippen molar-refractivity contribution in [2.75, 3.05) is 5.75 Å². The van der Waals surface area contributed by atoms with Gasteiger partial charge >= 0.3 is 0 Å². The predicted octanol–water partition coefficient (Wildman–Crippen LogP) is 4.88. The molecule has 0 saturated carbocycles. The number of thioether (sulfide) groups is 1. The topological polar surface area (TPSA) is 24.4 Å². The van der Waals surface area contributed by atoms with Gasteiger partial charge in [0.1, 0.15) is 0 Å². The molecule has 2 unspecified atom stereocenters. The fourth-order valence-electron chi connectivity index (χ4n) is 2.47. The summed E-state index contributed by atoms with van der Waals surface area (Å²) in [6, 6.07) is 15.5. The Labute approximate surface area is 134 Å². The smallest absolute Gasteiger partial charge is 0.157 e. The minimum atomic E-state index is 0.287.